The van der Waals surface area contributed by atoms with Crippen LogP contribution in [0.15, 0.2) is 41.3 Å². The fraction of sp³-hybridized carbons (Fsp3) is 0.190. The van der Waals surface area contributed by atoms with E-state index in [1.807, 2.05) is 0 Å². The first kappa shape index (κ1) is 25.8. The van der Waals surface area contributed by atoms with Gasteiger partial charge >= 0.3 is 6.18 Å². The van der Waals surface area contributed by atoms with Gasteiger partial charge in [-0.2, -0.15) is 13.2 Å². The topological polar surface area (TPSA) is 114 Å². The van der Waals surface area contributed by atoms with Gasteiger partial charge in [-0.1, -0.05) is 6.07 Å². The first-order chi connectivity index (χ1) is 16.2. The number of halogens is 5. The van der Waals surface area contributed by atoms with Crippen LogP contribution >= 0.6 is 0 Å². The van der Waals surface area contributed by atoms with Crippen LogP contribution in [-0.2, 0) is 15.9 Å². The molecule has 1 unspecified atom stereocenters. The zero-order valence-electron chi connectivity index (χ0n) is 18.3. The number of rotatable bonds is 6. The van der Waals surface area contributed by atoms with Crippen molar-refractivity contribution in [2.45, 2.75) is 18.0 Å². The van der Waals surface area contributed by atoms with Crippen molar-refractivity contribution in [1.29, 1.82) is 4.78 Å². The van der Waals surface area contributed by atoms with E-state index >= 15 is 0 Å². The first-order valence-electron chi connectivity index (χ1n) is 9.53. The van der Waals surface area contributed by atoms with Crippen LogP contribution in [-0.4, -0.2) is 33.7 Å². The summed E-state index contributed by atoms with van der Waals surface area (Å²) < 4.78 is 97.8. The Balaban J connectivity index is 2.09. The summed E-state index contributed by atoms with van der Waals surface area (Å²) in [5, 5.41) is 8.71. The highest BCUT2D eigenvalue weighted by molar-refractivity contribution is 7.91. The largest absolute Gasteiger partial charge is 0.491 e. The van der Waals surface area contributed by atoms with E-state index in [-0.39, 0.29) is 10.6 Å². The number of aromatic nitrogens is 2. The normalized spacial score (nSPS) is 13.1. The van der Waals surface area contributed by atoms with E-state index in [1.165, 1.54) is 24.3 Å². The van der Waals surface area contributed by atoms with Crippen molar-refractivity contribution < 1.29 is 40.4 Å². The summed E-state index contributed by atoms with van der Waals surface area (Å²) in [6.45, 7) is 0.952. The van der Waals surface area contributed by atoms with E-state index in [0.717, 1.165) is 20.3 Å². The summed E-state index contributed by atoms with van der Waals surface area (Å²) in [5.41, 5.74) is -2.83. The van der Waals surface area contributed by atoms with Gasteiger partial charge in [-0.25, -0.2) is 17.8 Å². The number of amides is 1. The minimum atomic E-state index is -4.97. The van der Waals surface area contributed by atoms with Gasteiger partial charge in [-0.05, 0) is 30.7 Å². The number of benzene rings is 2. The molecule has 0 fully saturated rings. The fourth-order valence-electron chi connectivity index (χ4n) is 3.02. The molecular formula is C21H17F5N4O4S. The van der Waals surface area contributed by atoms with Gasteiger partial charge in [-0.15, -0.1) is 10.2 Å². The van der Waals surface area contributed by atoms with Gasteiger partial charge < -0.3 is 14.8 Å². The van der Waals surface area contributed by atoms with Crippen molar-refractivity contribution in [3.05, 3.63) is 64.9 Å². The highest BCUT2D eigenvalue weighted by Gasteiger charge is 2.38. The van der Waals surface area contributed by atoms with Crippen molar-refractivity contribution in [3.8, 4) is 17.4 Å². The third-order valence-corrected chi connectivity index (χ3v) is 5.77. The number of hydrogen-bond acceptors (Lipinski definition) is 7. The van der Waals surface area contributed by atoms with Crippen LogP contribution in [0.3, 0.4) is 0 Å². The number of alkyl halides is 3. The Morgan fingerprint density at radius 1 is 1.11 bits per heavy atom. The Morgan fingerprint density at radius 3 is 2.29 bits per heavy atom. The number of carbonyl (C=O) groups is 1. The second-order valence-electron chi connectivity index (χ2n) is 7.20. The molecule has 2 aromatic carbocycles. The molecule has 1 atom stereocenters. The fourth-order valence-corrected chi connectivity index (χ4v) is 3.71. The predicted molar refractivity (Wildman–Crippen MR) is 114 cm³/mol. The molecule has 1 heterocycles. The second-order valence-corrected chi connectivity index (χ2v) is 9.36. The lowest BCUT2D eigenvalue weighted by Crippen LogP contribution is -2.21. The summed E-state index contributed by atoms with van der Waals surface area (Å²) >= 11 is 0. The third-order valence-electron chi connectivity index (χ3n) is 4.61. The number of nitrogens with zero attached hydrogens (tertiary/aromatic N) is 2. The minimum Gasteiger partial charge on any atom is -0.491 e. The van der Waals surface area contributed by atoms with E-state index in [2.05, 4.69) is 20.3 Å². The van der Waals surface area contributed by atoms with Crippen molar-refractivity contribution in [2.75, 3.05) is 18.7 Å². The van der Waals surface area contributed by atoms with Crippen molar-refractivity contribution >= 4 is 21.3 Å². The van der Waals surface area contributed by atoms with Crippen LogP contribution in [0.4, 0.5) is 27.6 Å². The van der Waals surface area contributed by atoms with Crippen molar-refractivity contribution in [2.24, 2.45) is 0 Å². The SMILES string of the molecule is COc1c(F)cc(Oc2nnc(C(F)(F)F)c(C)c2C(=O)Nc2cccc(S(C)(=N)=O)c2)cc1F. The average Bonchev–Trinajstić information content (AvgIpc) is 2.72. The molecule has 14 heteroatoms. The standard InChI is InChI=1S/C21H17F5N4O4S/c1-10-16(19(31)28-11-5-4-6-13(7-11)35(3,27)32)20(30-29-18(10)21(24,25)26)34-12-8-14(22)17(33-2)15(23)9-12/h4-9,27H,1-3H3,(H,28,31). The monoisotopic (exact) mass is 516 g/mol. The molecule has 0 saturated carbocycles. The lowest BCUT2D eigenvalue weighted by molar-refractivity contribution is -0.142. The molecule has 2 N–H and O–H groups in total. The van der Waals surface area contributed by atoms with Gasteiger partial charge in [0.2, 0.25) is 0 Å². The molecular weight excluding hydrogens is 499 g/mol. The maximum atomic E-state index is 14.0. The number of hydrogen-bond donors (Lipinski definition) is 2. The number of ether oxygens (including phenoxy) is 2. The third kappa shape index (κ3) is 5.65. The molecule has 3 aromatic rings. The Hall–Kier alpha value is -3.81. The van der Waals surface area contributed by atoms with Crippen LogP contribution in [0, 0.1) is 23.3 Å². The van der Waals surface area contributed by atoms with Gasteiger partial charge in [0, 0.05) is 29.0 Å². The van der Waals surface area contributed by atoms with Crippen molar-refractivity contribution in [3.63, 3.8) is 0 Å². The van der Waals surface area contributed by atoms with Gasteiger partial charge in [0.25, 0.3) is 11.8 Å². The lowest BCUT2D eigenvalue weighted by atomic mass is 10.1. The quantitative estimate of drug-likeness (QED) is 0.437. The van der Waals surface area contributed by atoms with Crippen molar-refractivity contribution in [1.82, 2.24) is 10.2 Å². The molecule has 0 radical (unpaired) electrons. The molecule has 1 amide bonds. The molecule has 1 aromatic heterocycles. The van der Waals surface area contributed by atoms with E-state index in [0.29, 0.717) is 12.1 Å². The smallest absolute Gasteiger partial charge is 0.435 e. The van der Waals surface area contributed by atoms with Crippen LogP contribution in [0.25, 0.3) is 0 Å². The summed E-state index contributed by atoms with van der Waals surface area (Å²) in [5.74, 6) is -5.46. The van der Waals surface area contributed by atoms with Crippen LogP contribution in [0.2, 0.25) is 0 Å². The maximum Gasteiger partial charge on any atom is 0.435 e. The van der Waals surface area contributed by atoms with Gasteiger partial charge in [0.15, 0.2) is 23.1 Å². The summed E-state index contributed by atoms with van der Waals surface area (Å²) in [4.78, 5) is 13.1. The highest BCUT2D eigenvalue weighted by Crippen LogP contribution is 2.36. The molecule has 35 heavy (non-hydrogen) atoms. The Morgan fingerprint density at radius 2 is 1.74 bits per heavy atom. The van der Waals surface area contributed by atoms with E-state index < -0.39 is 67.6 Å². The summed E-state index contributed by atoms with van der Waals surface area (Å²) in [6, 6.07) is 6.73. The molecule has 0 spiro atoms. The van der Waals surface area contributed by atoms with E-state index in [4.69, 9.17) is 9.52 Å². The van der Waals surface area contributed by atoms with Crippen LogP contribution < -0.4 is 14.8 Å². The molecule has 8 nitrogen and oxygen atoms in total. The first-order valence-corrected chi connectivity index (χ1v) is 11.5. The molecule has 0 aliphatic heterocycles. The maximum absolute atomic E-state index is 14.0. The summed E-state index contributed by atoms with van der Waals surface area (Å²) in [7, 11) is -2.12. The predicted octanol–water partition coefficient (Wildman–Crippen LogP) is 5.17. The van der Waals surface area contributed by atoms with Gasteiger partial charge in [-0.3, -0.25) is 4.79 Å². The van der Waals surface area contributed by atoms with E-state index in [1.54, 1.807) is 0 Å². The second kappa shape index (κ2) is 9.44. The average molecular weight is 516 g/mol. The van der Waals surface area contributed by atoms with E-state index in [9.17, 15) is 31.0 Å². The highest BCUT2D eigenvalue weighted by atomic mass is 32.2. The Labute approximate surface area is 196 Å². The Kier molecular flexibility index (Phi) is 6.96. The zero-order valence-corrected chi connectivity index (χ0v) is 19.1. The molecule has 0 aliphatic rings. The molecule has 0 aliphatic carbocycles. The molecule has 3 rings (SSSR count). The Bertz CT molecular complexity index is 1390. The minimum absolute atomic E-state index is 0.0200. The number of carbonyl (C=O) groups excluding carboxylic acids is 1. The number of nitrogens with one attached hydrogen (secondary N) is 2. The lowest BCUT2D eigenvalue weighted by Gasteiger charge is -2.16. The number of anilines is 1. The van der Waals surface area contributed by atoms with Crippen LogP contribution in [0.1, 0.15) is 21.6 Å². The van der Waals surface area contributed by atoms with Gasteiger partial charge in [0.1, 0.15) is 11.3 Å². The molecule has 0 bridgehead atoms. The zero-order chi connectivity index (χ0) is 26.1. The molecule has 0 saturated heterocycles. The number of methoxy groups -OCH3 is 1. The summed E-state index contributed by atoms with van der Waals surface area (Å²) in [6.07, 6.45) is -3.82. The molecule has 186 valence electrons. The van der Waals surface area contributed by atoms with Gasteiger partial charge in [0.05, 0.1) is 16.8 Å². The van der Waals surface area contributed by atoms with Crippen LogP contribution in [0.5, 0.6) is 17.4 Å².